The fraction of sp³-hybridized carbons (Fsp3) is 0.938. The highest BCUT2D eigenvalue weighted by Crippen LogP contribution is 2.46. The van der Waals surface area contributed by atoms with Gasteiger partial charge in [-0.1, -0.05) is 27.7 Å². The normalized spacial score (nSPS) is 15.2. The zero-order valence-electron chi connectivity index (χ0n) is 16.7. The number of nitrogens with one attached hydrogen (secondary N) is 1. The third kappa shape index (κ3) is 16.4. The largest absolute Gasteiger partial charge is 0.476 e. The van der Waals surface area contributed by atoms with Gasteiger partial charge in [-0.2, -0.15) is 0 Å². The minimum absolute atomic E-state index is 0.0696. The number of amides is 1. The predicted molar refractivity (Wildman–Crippen MR) is 97.4 cm³/mol. The van der Waals surface area contributed by atoms with Crippen molar-refractivity contribution in [1.82, 2.24) is 5.32 Å². The summed E-state index contributed by atoms with van der Waals surface area (Å²) in [5.41, 5.74) is 0. The van der Waals surface area contributed by atoms with Crippen LogP contribution in [0.4, 0.5) is 0 Å². The minimum atomic E-state index is -4.12. The van der Waals surface area contributed by atoms with E-state index in [1.54, 1.807) is 7.05 Å². The molecule has 0 aromatic heterocycles. The molecule has 0 saturated carbocycles. The molecule has 0 aliphatic rings. The molecule has 8 heteroatoms. The Morgan fingerprint density at radius 1 is 1.17 bits per heavy atom. The Bertz CT molecular complexity index is 383. The van der Waals surface area contributed by atoms with Crippen LogP contribution in [0.15, 0.2) is 0 Å². The summed E-state index contributed by atoms with van der Waals surface area (Å²) in [6.45, 7) is 8.21. The topological polar surface area (TPSA) is 84.9 Å². The van der Waals surface area contributed by atoms with Crippen LogP contribution in [0.2, 0.25) is 0 Å². The Labute approximate surface area is 147 Å². The Balaban J connectivity index is 0. The second-order valence-corrected chi connectivity index (χ2v) is 8.33. The zero-order chi connectivity index (χ0) is 19.4. The van der Waals surface area contributed by atoms with Crippen LogP contribution in [-0.2, 0) is 18.4 Å². The molecule has 0 saturated heterocycles. The van der Waals surface area contributed by atoms with Crippen molar-refractivity contribution in [3.63, 3.8) is 0 Å². The molecule has 2 N–H and O–H groups in total. The van der Waals surface area contributed by atoms with Gasteiger partial charge in [-0.15, -0.1) is 0 Å². The lowest BCUT2D eigenvalue weighted by atomic mass is 10.0. The number of hydrogen-bond acceptors (Lipinski definition) is 4. The Morgan fingerprint density at radius 2 is 1.71 bits per heavy atom. The van der Waals surface area contributed by atoms with Gasteiger partial charge in [0.25, 0.3) is 0 Å². The Morgan fingerprint density at radius 3 is 2.12 bits per heavy atom. The first-order valence-corrected chi connectivity index (χ1v) is 10.1. The van der Waals surface area contributed by atoms with Crippen molar-refractivity contribution in [2.24, 2.45) is 5.92 Å². The van der Waals surface area contributed by atoms with Gasteiger partial charge in [0.1, 0.15) is 0 Å². The smallest absolute Gasteiger partial charge is 0.359 e. The van der Waals surface area contributed by atoms with Crippen molar-refractivity contribution in [2.45, 2.75) is 59.5 Å². The van der Waals surface area contributed by atoms with Crippen molar-refractivity contribution in [3.8, 4) is 0 Å². The number of rotatable bonds is 11. The van der Waals surface area contributed by atoms with Crippen LogP contribution in [0.3, 0.4) is 0 Å². The molecule has 0 rings (SSSR count). The summed E-state index contributed by atoms with van der Waals surface area (Å²) in [5, 5.41) is 2.53. The molecule has 0 fully saturated rings. The van der Waals surface area contributed by atoms with Crippen molar-refractivity contribution < 1.29 is 27.8 Å². The van der Waals surface area contributed by atoms with Gasteiger partial charge < -0.3 is 14.7 Å². The average Bonchev–Trinajstić information content (AvgIpc) is 2.49. The number of carbonyl (C=O) groups excluding carboxylic acids is 1. The van der Waals surface area contributed by atoms with Gasteiger partial charge in [0.15, 0.2) is 6.73 Å². The van der Waals surface area contributed by atoms with Gasteiger partial charge in [-0.25, -0.2) is 9.09 Å². The molecule has 2 unspecified atom stereocenters. The van der Waals surface area contributed by atoms with E-state index < -0.39 is 13.9 Å². The number of carbonyl (C=O) groups is 1. The van der Waals surface area contributed by atoms with Crippen LogP contribution in [0.5, 0.6) is 0 Å². The Kier molecular flexibility index (Phi) is 13.8. The van der Waals surface area contributed by atoms with E-state index in [0.29, 0.717) is 23.2 Å². The molecular weight excluding hydrogens is 331 g/mol. The van der Waals surface area contributed by atoms with E-state index in [-0.39, 0.29) is 19.1 Å². The fourth-order valence-corrected chi connectivity index (χ4v) is 2.79. The third-order valence-electron chi connectivity index (χ3n) is 2.93. The van der Waals surface area contributed by atoms with E-state index in [0.717, 1.165) is 6.42 Å². The van der Waals surface area contributed by atoms with Crippen molar-refractivity contribution in [1.29, 1.82) is 0 Å². The lowest BCUT2D eigenvalue weighted by Gasteiger charge is -2.26. The van der Waals surface area contributed by atoms with Crippen molar-refractivity contribution in [2.75, 3.05) is 34.9 Å². The van der Waals surface area contributed by atoms with Gasteiger partial charge in [0.05, 0.1) is 27.2 Å². The van der Waals surface area contributed by atoms with Crippen molar-refractivity contribution >= 4 is 13.7 Å². The average molecular weight is 369 g/mol. The second-order valence-electron chi connectivity index (χ2n) is 6.93. The summed E-state index contributed by atoms with van der Waals surface area (Å²) in [6.07, 6.45) is 1.66. The highest BCUT2D eigenvalue weighted by molar-refractivity contribution is 7.47. The molecule has 146 valence electrons. The SMILES string of the molecule is CC.CNC(=O)CCC(CCC(C)C)OP(=O)(O)OC[N+](C)(C)C. The van der Waals surface area contributed by atoms with Gasteiger partial charge in [-0.05, 0) is 25.2 Å². The van der Waals surface area contributed by atoms with E-state index in [2.05, 4.69) is 19.2 Å². The van der Waals surface area contributed by atoms with E-state index in [9.17, 15) is 14.3 Å². The molecule has 0 spiro atoms. The molecular formula is C16H38N2O5P+. The lowest BCUT2D eigenvalue weighted by molar-refractivity contribution is -0.887. The molecule has 24 heavy (non-hydrogen) atoms. The van der Waals surface area contributed by atoms with Gasteiger partial charge in [0.2, 0.25) is 5.91 Å². The van der Waals surface area contributed by atoms with Crippen LogP contribution in [-0.4, -0.2) is 56.3 Å². The van der Waals surface area contributed by atoms with Crippen LogP contribution >= 0.6 is 7.82 Å². The number of phosphoric ester groups is 1. The molecule has 0 aliphatic carbocycles. The maximum Gasteiger partial charge on any atom is 0.476 e. The first-order chi connectivity index (χ1) is 10.9. The molecule has 0 bridgehead atoms. The molecule has 0 heterocycles. The summed E-state index contributed by atoms with van der Waals surface area (Å²) in [4.78, 5) is 21.2. The quantitative estimate of drug-likeness (QED) is 0.332. The van der Waals surface area contributed by atoms with Crippen molar-refractivity contribution in [3.05, 3.63) is 0 Å². The zero-order valence-corrected chi connectivity index (χ0v) is 17.6. The maximum atomic E-state index is 12.0. The summed E-state index contributed by atoms with van der Waals surface area (Å²) in [6, 6.07) is 0. The van der Waals surface area contributed by atoms with E-state index in [1.807, 2.05) is 35.0 Å². The number of nitrogens with zero attached hydrogens (tertiary/aromatic N) is 1. The minimum Gasteiger partial charge on any atom is -0.359 e. The van der Waals surface area contributed by atoms with Crippen LogP contribution < -0.4 is 5.32 Å². The highest BCUT2D eigenvalue weighted by Gasteiger charge is 2.29. The van der Waals surface area contributed by atoms with Crippen LogP contribution in [0.1, 0.15) is 53.4 Å². The Hall–Kier alpha value is -0.460. The first kappa shape index (κ1) is 25.8. The fourth-order valence-electron chi connectivity index (χ4n) is 1.65. The number of hydrogen-bond donors (Lipinski definition) is 2. The number of phosphoric acid groups is 1. The van der Waals surface area contributed by atoms with Crippen LogP contribution in [0, 0.1) is 5.92 Å². The lowest BCUT2D eigenvalue weighted by Crippen LogP contribution is -2.36. The second kappa shape index (κ2) is 12.8. The molecule has 2 atom stereocenters. The van der Waals surface area contributed by atoms with E-state index in [1.165, 1.54) is 0 Å². The molecule has 0 aromatic carbocycles. The summed E-state index contributed by atoms with van der Waals surface area (Å²) >= 11 is 0. The van der Waals surface area contributed by atoms with Gasteiger partial charge in [-0.3, -0.25) is 9.32 Å². The molecule has 0 aliphatic heterocycles. The monoisotopic (exact) mass is 369 g/mol. The first-order valence-electron chi connectivity index (χ1n) is 8.62. The molecule has 0 aromatic rings. The van der Waals surface area contributed by atoms with Gasteiger partial charge >= 0.3 is 7.82 Å². The third-order valence-corrected chi connectivity index (χ3v) is 3.93. The summed E-state index contributed by atoms with van der Waals surface area (Å²) < 4.78 is 22.7. The number of quaternary nitrogens is 1. The summed E-state index contributed by atoms with van der Waals surface area (Å²) in [7, 11) is 2.99. The molecule has 1 amide bonds. The summed E-state index contributed by atoms with van der Waals surface area (Å²) in [5.74, 6) is 0.342. The molecule has 0 radical (unpaired) electrons. The highest BCUT2D eigenvalue weighted by atomic mass is 31.2. The predicted octanol–water partition coefficient (Wildman–Crippen LogP) is 3.14. The standard InChI is InChI=1S/C14H31N2O5P.C2H6/c1-12(2)7-8-13(9-10-14(17)15-3)21-22(18,19)20-11-16(4,5)6;1-2/h12-13H,7-11H2,1-6H3,(H-,15,17,18,19);1-2H3/p+1. The maximum absolute atomic E-state index is 12.0. The molecule has 7 nitrogen and oxygen atoms in total. The van der Waals surface area contributed by atoms with Gasteiger partial charge in [0, 0.05) is 13.5 Å². The van der Waals surface area contributed by atoms with E-state index >= 15 is 0 Å². The van der Waals surface area contributed by atoms with E-state index in [4.69, 9.17) is 9.05 Å². The van der Waals surface area contributed by atoms with Crippen LogP contribution in [0.25, 0.3) is 0 Å².